The molecule has 0 spiro atoms. The molecule has 0 bridgehead atoms. The maximum Gasteiger partial charge on any atom is 0.0913 e. The fourth-order valence-electron chi connectivity index (χ4n) is 3.10. The summed E-state index contributed by atoms with van der Waals surface area (Å²) in [6, 6.07) is 0. The number of ether oxygens (including phenoxy) is 1. The SMILES string of the molecule is CCCOCC1(O)CC(C)CCC1C(C)C. The van der Waals surface area contributed by atoms with Crippen LogP contribution in [0.1, 0.15) is 53.4 Å². The summed E-state index contributed by atoms with van der Waals surface area (Å²) in [6.07, 6.45) is 4.32. The molecule has 1 aliphatic carbocycles. The number of aliphatic hydroxyl groups is 1. The second-order valence-electron chi connectivity index (χ2n) is 5.89. The summed E-state index contributed by atoms with van der Waals surface area (Å²) < 4.78 is 5.60. The van der Waals surface area contributed by atoms with Gasteiger partial charge in [-0.05, 0) is 37.0 Å². The van der Waals surface area contributed by atoms with Crippen LogP contribution in [-0.4, -0.2) is 23.9 Å². The fraction of sp³-hybridized carbons (Fsp3) is 1.00. The summed E-state index contributed by atoms with van der Waals surface area (Å²) in [5.41, 5.74) is -0.582. The first kappa shape index (κ1) is 14.0. The molecular weight excluding hydrogens is 200 g/mol. The molecule has 1 aliphatic rings. The van der Waals surface area contributed by atoms with Crippen LogP contribution in [0.3, 0.4) is 0 Å². The van der Waals surface area contributed by atoms with Gasteiger partial charge in [-0.1, -0.05) is 34.1 Å². The first-order valence-electron chi connectivity index (χ1n) is 6.79. The molecule has 1 fully saturated rings. The molecular formula is C14H28O2. The van der Waals surface area contributed by atoms with Crippen LogP contribution in [-0.2, 0) is 4.74 Å². The summed E-state index contributed by atoms with van der Waals surface area (Å²) in [5, 5.41) is 10.8. The lowest BCUT2D eigenvalue weighted by atomic mass is 9.67. The molecule has 0 aromatic rings. The van der Waals surface area contributed by atoms with Gasteiger partial charge in [-0.25, -0.2) is 0 Å². The van der Waals surface area contributed by atoms with E-state index in [4.69, 9.17) is 4.74 Å². The van der Waals surface area contributed by atoms with Gasteiger partial charge in [0.25, 0.3) is 0 Å². The smallest absolute Gasteiger partial charge is 0.0913 e. The highest BCUT2D eigenvalue weighted by atomic mass is 16.5. The van der Waals surface area contributed by atoms with Crippen LogP contribution in [0.4, 0.5) is 0 Å². The van der Waals surface area contributed by atoms with Crippen molar-refractivity contribution in [3.05, 3.63) is 0 Å². The molecule has 0 saturated heterocycles. The Balaban J connectivity index is 2.60. The van der Waals surface area contributed by atoms with E-state index in [2.05, 4.69) is 27.7 Å². The van der Waals surface area contributed by atoms with Crippen LogP contribution >= 0.6 is 0 Å². The van der Waals surface area contributed by atoms with Gasteiger partial charge in [-0.15, -0.1) is 0 Å². The predicted octanol–water partition coefficient (Wildman–Crippen LogP) is 3.24. The Morgan fingerprint density at radius 2 is 2.06 bits per heavy atom. The molecule has 1 saturated carbocycles. The van der Waals surface area contributed by atoms with Gasteiger partial charge in [-0.2, -0.15) is 0 Å². The van der Waals surface area contributed by atoms with Crippen LogP contribution in [0.5, 0.6) is 0 Å². The minimum absolute atomic E-state index is 0.403. The molecule has 0 radical (unpaired) electrons. The van der Waals surface area contributed by atoms with Crippen molar-refractivity contribution in [1.82, 2.24) is 0 Å². The average molecular weight is 228 g/mol. The molecule has 96 valence electrons. The normalized spacial score (nSPS) is 35.6. The molecule has 1 N–H and O–H groups in total. The topological polar surface area (TPSA) is 29.5 Å². The van der Waals surface area contributed by atoms with Crippen molar-refractivity contribution in [2.75, 3.05) is 13.2 Å². The zero-order valence-electron chi connectivity index (χ0n) is 11.3. The van der Waals surface area contributed by atoms with Crippen LogP contribution < -0.4 is 0 Å². The second kappa shape index (κ2) is 6.02. The van der Waals surface area contributed by atoms with E-state index in [1.165, 1.54) is 6.42 Å². The Morgan fingerprint density at radius 1 is 1.38 bits per heavy atom. The number of rotatable bonds is 5. The first-order valence-corrected chi connectivity index (χ1v) is 6.79. The van der Waals surface area contributed by atoms with Gasteiger partial charge in [0.2, 0.25) is 0 Å². The minimum atomic E-state index is -0.582. The monoisotopic (exact) mass is 228 g/mol. The molecule has 2 heteroatoms. The molecule has 16 heavy (non-hydrogen) atoms. The molecule has 3 unspecified atom stereocenters. The van der Waals surface area contributed by atoms with Gasteiger partial charge in [0.1, 0.15) is 0 Å². The Labute approximate surface area is 100 Å². The zero-order valence-corrected chi connectivity index (χ0v) is 11.3. The summed E-state index contributed by atoms with van der Waals surface area (Å²) in [7, 11) is 0. The molecule has 0 amide bonds. The predicted molar refractivity (Wildman–Crippen MR) is 67.4 cm³/mol. The number of hydrogen-bond acceptors (Lipinski definition) is 2. The van der Waals surface area contributed by atoms with Gasteiger partial charge in [0, 0.05) is 6.61 Å². The minimum Gasteiger partial charge on any atom is -0.387 e. The highest BCUT2D eigenvalue weighted by molar-refractivity contribution is 4.93. The lowest BCUT2D eigenvalue weighted by Crippen LogP contribution is -2.49. The Hall–Kier alpha value is -0.0800. The lowest BCUT2D eigenvalue weighted by Gasteiger charge is -2.44. The lowest BCUT2D eigenvalue weighted by molar-refractivity contribution is -0.127. The Kier molecular flexibility index (Phi) is 5.26. The third-order valence-corrected chi connectivity index (χ3v) is 3.87. The number of hydrogen-bond donors (Lipinski definition) is 1. The van der Waals surface area contributed by atoms with E-state index in [1.807, 2.05) is 0 Å². The fourth-order valence-corrected chi connectivity index (χ4v) is 3.10. The largest absolute Gasteiger partial charge is 0.387 e. The quantitative estimate of drug-likeness (QED) is 0.732. The zero-order chi connectivity index (χ0) is 12.2. The average Bonchev–Trinajstić information content (AvgIpc) is 2.16. The van der Waals surface area contributed by atoms with Crippen molar-refractivity contribution < 1.29 is 9.84 Å². The molecule has 0 aliphatic heterocycles. The maximum absolute atomic E-state index is 10.8. The van der Waals surface area contributed by atoms with E-state index >= 15 is 0 Å². The highest BCUT2D eigenvalue weighted by Gasteiger charge is 2.42. The summed E-state index contributed by atoms with van der Waals surface area (Å²) in [4.78, 5) is 0. The van der Waals surface area contributed by atoms with Crippen LogP contribution in [0, 0.1) is 17.8 Å². The Bertz CT molecular complexity index is 203. The van der Waals surface area contributed by atoms with E-state index in [1.54, 1.807) is 0 Å². The maximum atomic E-state index is 10.8. The molecule has 0 aromatic heterocycles. The molecule has 1 rings (SSSR count). The van der Waals surface area contributed by atoms with Crippen LogP contribution in [0.2, 0.25) is 0 Å². The standard InChI is InChI=1S/C14H28O2/c1-5-8-16-10-14(15)9-12(4)6-7-13(14)11(2)3/h11-13,15H,5-10H2,1-4H3. The van der Waals surface area contributed by atoms with E-state index in [-0.39, 0.29) is 0 Å². The first-order chi connectivity index (χ1) is 7.49. The van der Waals surface area contributed by atoms with Crippen LogP contribution in [0.15, 0.2) is 0 Å². The summed E-state index contributed by atoms with van der Waals surface area (Å²) >= 11 is 0. The van der Waals surface area contributed by atoms with Gasteiger partial charge >= 0.3 is 0 Å². The van der Waals surface area contributed by atoms with Gasteiger partial charge < -0.3 is 9.84 Å². The van der Waals surface area contributed by atoms with Crippen molar-refractivity contribution in [3.63, 3.8) is 0 Å². The van der Waals surface area contributed by atoms with Crippen molar-refractivity contribution in [2.45, 2.75) is 59.0 Å². The van der Waals surface area contributed by atoms with E-state index in [0.29, 0.717) is 24.4 Å². The van der Waals surface area contributed by atoms with E-state index in [0.717, 1.165) is 25.9 Å². The summed E-state index contributed by atoms with van der Waals surface area (Å²) in [6.45, 7) is 10.1. The third-order valence-electron chi connectivity index (χ3n) is 3.87. The van der Waals surface area contributed by atoms with E-state index in [9.17, 15) is 5.11 Å². The molecule has 0 aromatic carbocycles. The summed E-state index contributed by atoms with van der Waals surface area (Å²) in [5.74, 6) is 1.58. The van der Waals surface area contributed by atoms with E-state index < -0.39 is 5.60 Å². The van der Waals surface area contributed by atoms with Crippen molar-refractivity contribution >= 4 is 0 Å². The molecule has 3 atom stereocenters. The van der Waals surface area contributed by atoms with Gasteiger partial charge in [-0.3, -0.25) is 0 Å². The third kappa shape index (κ3) is 3.46. The van der Waals surface area contributed by atoms with Crippen molar-refractivity contribution in [1.29, 1.82) is 0 Å². The second-order valence-corrected chi connectivity index (χ2v) is 5.89. The van der Waals surface area contributed by atoms with Crippen molar-refractivity contribution in [2.24, 2.45) is 17.8 Å². The highest BCUT2D eigenvalue weighted by Crippen LogP contribution is 2.41. The van der Waals surface area contributed by atoms with Gasteiger partial charge in [0.15, 0.2) is 0 Å². The van der Waals surface area contributed by atoms with Crippen LogP contribution in [0.25, 0.3) is 0 Å². The van der Waals surface area contributed by atoms with Gasteiger partial charge in [0.05, 0.1) is 12.2 Å². The Morgan fingerprint density at radius 3 is 2.62 bits per heavy atom. The van der Waals surface area contributed by atoms with Crippen molar-refractivity contribution in [3.8, 4) is 0 Å². The molecule has 0 heterocycles. The molecule has 2 nitrogen and oxygen atoms in total.